The summed E-state index contributed by atoms with van der Waals surface area (Å²) in [5.74, 6) is 0.497. The van der Waals surface area contributed by atoms with E-state index in [0.29, 0.717) is 47.7 Å². The zero-order valence-corrected chi connectivity index (χ0v) is 19.6. The minimum Gasteiger partial charge on any atom is -0.454 e. The molecule has 0 aliphatic carbocycles. The monoisotopic (exact) mass is 477 g/mol. The Bertz CT molecular complexity index is 1480. The minimum atomic E-state index is -3.38. The number of morpholine rings is 1. The average Bonchev–Trinajstić information content (AvgIpc) is 3.28. The normalized spacial score (nSPS) is 16.6. The van der Waals surface area contributed by atoms with E-state index in [1.807, 2.05) is 42.2 Å². The number of carbonyl (C=O) groups is 1. The molecule has 0 saturated carbocycles. The number of aromatic nitrogens is 2. The molecule has 174 valence electrons. The van der Waals surface area contributed by atoms with Crippen LogP contribution in [0.3, 0.4) is 0 Å². The van der Waals surface area contributed by atoms with E-state index in [2.05, 4.69) is 9.97 Å². The van der Waals surface area contributed by atoms with Crippen LogP contribution in [0.25, 0.3) is 33.6 Å². The highest BCUT2D eigenvalue weighted by Crippen LogP contribution is 2.34. The highest BCUT2D eigenvalue weighted by Gasteiger charge is 2.25. The van der Waals surface area contributed by atoms with Crippen LogP contribution in [0.4, 0.5) is 0 Å². The Morgan fingerprint density at radius 1 is 1.09 bits per heavy atom. The molecule has 3 aromatic heterocycles. The van der Waals surface area contributed by atoms with Gasteiger partial charge in [0, 0.05) is 48.0 Å². The number of carbonyl (C=O) groups excluding carboxylic acids is 1. The lowest BCUT2D eigenvalue weighted by Gasteiger charge is -2.33. The molecule has 4 aromatic rings. The van der Waals surface area contributed by atoms with Gasteiger partial charge in [0.25, 0.3) is 5.91 Å². The Morgan fingerprint density at radius 2 is 1.94 bits per heavy atom. The van der Waals surface area contributed by atoms with Crippen LogP contribution in [0.15, 0.2) is 70.4 Å². The fourth-order valence-corrected chi connectivity index (χ4v) is 4.63. The molecular weight excluding hydrogens is 454 g/mol. The fraction of sp³-hybridized carbons (Fsp3) is 0.240. The molecule has 9 heteroatoms. The van der Waals surface area contributed by atoms with Gasteiger partial charge in [-0.2, -0.15) is 0 Å². The number of fused-ring (bicyclic) bond motifs is 1. The number of amides is 1. The summed E-state index contributed by atoms with van der Waals surface area (Å²) >= 11 is 0. The summed E-state index contributed by atoms with van der Waals surface area (Å²) in [6.45, 7) is 3.62. The second kappa shape index (κ2) is 8.66. The summed E-state index contributed by atoms with van der Waals surface area (Å²) in [4.78, 5) is 23.4. The molecule has 0 bridgehead atoms. The maximum Gasteiger partial charge on any atom is 0.254 e. The smallest absolute Gasteiger partial charge is 0.254 e. The topological polar surface area (TPSA) is 103 Å². The van der Waals surface area contributed by atoms with E-state index >= 15 is 0 Å². The number of sulfone groups is 1. The first kappa shape index (κ1) is 22.2. The van der Waals surface area contributed by atoms with Gasteiger partial charge in [0.15, 0.2) is 20.4 Å². The molecule has 34 heavy (non-hydrogen) atoms. The zero-order chi connectivity index (χ0) is 23.9. The van der Waals surface area contributed by atoms with Gasteiger partial charge in [0.2, 0.25) is 0 Å². The van der Waals surface area contributed by atoms with Crippen LogP contribution in [-0.2, 0) is 14.6 Å². The number of ether oxygens (including phenoxy) is 1. The van der Waals surface area contributed by atoms with Crippen LogP contribution in [0.5, 0.6) is 0 Å². The number of furan rings is 1. The van der Waals surface area contributed by atoms with Crippen LogP contribution in [0.1, 0.15) is 17.3 Å². The van der Waals surface area contributed by atoms with E-state index in [1.165, 1.54) is 12.3 Å². The molecule has 5 rings (SSSR count). The summed E-state index contributed by atoms with van der Waals surface area (Å²) in [6.07, 6.45) is 4.28. The molecule has 1 aromatic carbocycles. The molecule has 1 atom stereocenters. The first-order chi connectivity index (χ1) is 16.3. The third-order valence-corrected chi connectivity index (χ3v) is 6.86. The van der Waals surface area contributed by atoms with Crippen molar-refractivity contribution in [1.82, 2.24) is 14.9 Å². The van der Waals surface area contributed by atoms with Gasteiger partial charge in [-0.15, -0.1) is 0 Å². The van der Waals surface area contributed by atoms with Crippen molar-refractivity contribution in [2.75, 3.05) is 26.0 Å². The summed E-state index contributed by atoms with van der Waals surface area (Å²) in [5, 5.41) is 0.00208. The van der Waals surface area contributed by atoms with Gasteiger partial charge in [-0.3, -0.25) is 9.78 Å². The Hall–Kier alpha value is -3.56. The van der Waals surface area contributed by atoms with Crippen molar-refractivity contribution >= 4 is 26.8 Å². The van der Waals surface area contributed by atoms with Crippen molar-refractivity contribution in [2.45, 2.75) is 18.0 Å². The van der Waals surface area contributed by atoms with Crippen molar-refractivity contribution in [3.05, 3.63) is 66.5 Å². The van der Waals surface area contributed by atoms with Gasteiger partial charge in [-0.1, -0.05) is 12.1 Å². The molecule has 0 N–H and O–H groups in total. The molecule has 1 amide bonds. The number of pyridine rings is 2. The predicted molar refractivity (Wildman–Crippen MR) is 127 cm³/mol. The third kappa shape index (κ3) is 4.20. The molecule has 0 unspecified atom stereocenters. The van der Waals surface area contributed by atoms with E-state index in [9.17, 15) is 13.2 Å². The zero-order valence-electron chi connectivity index (χ0n) is 18.8. The Kier molecular flexibility index (Phi) is 5.66. The van der Waals surface area contributed by atoms with E-state index in [4.69, 9.17) is 9.15 Å². The molecule has 8 nitrogen and oxygen atoms in total. The van der Waals surface area contributed by atoms with Crippen molar-refractivity contribution in [1.29, 1.82) is 0 Å². The van der Waals surface area contributed by atoms with Crippen LogP contribution < -0.4 is 0 Å². The lowest BCUT2D eigenvalue weighted by Crippen LogP contribution is -2.47. The molecule has 1 fully saturated rings. The second-order valence-electron chi connectivity index (χ2n) is 8.34. The van der Waals surface area contributed by atoms with Crippen LogP contribution >= 0.6 is 0 Å². The summed E-state index contributed by atoms with van der Waals surface area (Å²) < 4.78 is 35.0. The predicted octanol–water partition coefficient (Wildman–Crippen LogP) is 3.82. The average molecular weight is 478 g/mol. The first-order valence-electron chi connectivity index (χ1n) is 10.9. The maximum absolute atomic E-state index is 13.1. The summed E-state index contributed by atoms with van der Waals surface area (Å²) in [5.41, 5.74) is 4.12. The second-order valence-corrected chi connectivity index (χ2v) is 10.3. The van der Waals surface area contributed by atoms with Gasteiger partial charge in [-0.25, -0.2) is 13.4 Å². The number of hydrogen-bond acceptors (Lipinski definition) is 7. The quantitative estimate of drug-likeness (QED) is 0.440. The van der Waals surface area contributed by atoms with Crippen molar-refractivity contribution < 1.29 is 22.4 Å². The lowest BCUT2D eigenvalue weighted by atomic mass is 10.0. The van der Waals surface area contributed by atoms with Gasteiger partial charge in [-0.05, 0) is 42.8 Å². The van der Waals surface area contributed by atoms with Crippen molar-refractivity contribution in [3.63, 3.8) is 0 Å². The molecular formula is C25H23N3O5S. The molecule has 1 aliphatic rings. The van der Waals surface area contributed by atoms with Crippen LogP contribution in [-0.4, -0.2) is 61.2 Å². The first-order valence-corrected chi connectivity index (χ1v) is 12.7. The van der Waals surface area contributed by atoms with E-state index < -0.39 is 9.84 Å². The van der Waals surface area contributed by atoms with Gasteiger partial charge in [0.1, 0.15) is 11.3 Å². The Balaban J connectivity index is 1.51. The van der Waals surface area contributed by atoms with E-state index in [-0.39, 0.29) is 17.0 Å². The van der Waals surface area contributed by atoms with Crippen LogP contribution in [0.2, 0.25) is 0 Å². The van der Waals surface area contributed by atoms with E-state index in [0.717, 1.165) is 17.4 Å². The Morgan fingerprint density at radius 3 is 2.68 bits per heavy atom. The number of rotatable bonds is 4. The number of nitrogens with zero attached hydrogens (tertiary/aromatic N) is 3. The molecule has 1 aliphatic heterocycles. The molecule has 4 heterocycles. The van der Waals surface area contributed by atoms with Gasteiger partial charge < -0.3 is 14.1 Å². The number of hydrogen-bond donors (Lipinski definition) is 0. The molecule has 0 radical (unpaired) electrons. The van der Waals surface area contributed by atoms with Gasteiger partial charge >= 0.3 is 0 Å². The minimum absolute atomic E-state index is 0.00208. The highest BCUT2D eigenvalue weighted by atomic mass is 32.2. The standard InChI is InChI=1S/C25H23N3O5S/c1-16-15-32-11-10-28(16)25(29)18-5-3-4-17(12-18)20-8-9-26-21-13-22(33-24(20)21)19-6-7-23(27-14-19)34(2,30)31/h3-9,12-14,16H,10-11,15H2,1-2H3/t16-/m0/s1. The fourth-order valence-electron chi connectivity index (χ4n) is 4.07. The molecule has 1 saturated heterocycles. The highest BCUT2D eigenvalue weighted by molar-refractivity contribution is 7.90. The van der Waals surface area contributed by atoms with Crippen LogP contribution in [0, 0.1) is 0 Å². The number of benzene rings is 1. The third-order valence-electron chi connectivity index (χ3n) is 5.86. The maximum atomic E-state index is 13.1. The SMILES string of the molecule is C[C@H]1COCCN1C(=O)c1cccc(-c2ccnc3cc(-c4ccc(S(C)(=O)=O)nc4)oc23)c1. The Labute approximate surface area is 197 Å². The summed E-state index contributed by atoms with van der Waals surface area (Å²) in [6, 6.07) is 14.2. The van der Waals surface area contributed by atoms with Gasteiger partial charge in [0.05, 0.1) is 19.3 Å². The largest absolute Gasteiger partial charge is 0.454 e. The lowest BCUT2D eigenvalue weighted by molar-refractivity contribution is 0.00360. The van der Waals surface area contributed by atoms with Crippen molar-refractivity contribution in [2.24, 2.45) is 0 Å². The molecule has 0 spiro atoms. The van der Waals surface area contributed by atoms with Crippen molar-refractivity contribution in [3.8, 4) is 22.5 Å². The summed E-state index contributed by atoms with van der Waals surface area (Å²) in [7, 11) is -3.38. The van der Waals surface area contributed by atoms with E-state index in [1.54, 1.807) is 18.3 Å².